The van der Waals surface area contributed by atoms with E-state index in [2.05, 4.69) is 5.16 Å². The summed E-state index contributed by atoms with van der Waals surface area (Å²) in [6, 6.07) is 7.81. The minimum absolute atomic E-state index is 0.423. The van der Waals surface area contributed by atoms with E-state index in [1.807, 2.05) is 31.2 Å². The molecule has 0 unspecified atom stereocenters. The van der Waals surface area contributed by atoms with Crippen LogP contribution in [0.4, 0.5) is 5.88 Å². The lowest BCUT2D eigenvalue weighted by Gasteiger charge is -2.01. The Hall–Kier alpha value is -1.48. The largest absolute Gasteiger partial charge is 0.367 e. The normalized spacial score (nSPS) is 10.6. The van der Waals surface area contributed by atoms with Crippen molar-refractivity contribution in [1.82, 2.24) is 5.16 Å². The molecular formula is C12H13ClN2O. The molecule has 0 aliphatic rings. The maximum Gasteiger partial charge on any atom is 0.225 e. The number of hydrogen-bond acceptors (Lipinski definition) is 3. The summed E-state index contributed by atoms with van der Waals surface area (Å²) in [5, 5.41) is 4.58. The maximum atomic E-state index is 5.82. The monoisotopic (exact) mass is 236 g/mol. The van der Waals surface area contributed by atoms with Gasteiger partial charge in [-0.05, 0) is 37.5 Å². The second-order valence-electron chi connectivity index (χ2n) is 3.74. The second-order valence-corrected chi connectivity index (χ2v) is 4.17. The van der Waals surface area contributed by atoms with Crippen molar-refractivity contribution in [2.75, 3.05) is 5.73 Å². The molecule has 84 valence electrons. The van der Waals surface area contributed by atoms with Crippen LogP contribution in [0, 0.1) is 6.92 Å². The highest BCUT2D eigenvalue weighted by Gasteiger charge is 2.09. The van der Waals surface area contributed by atoms with Crippen LogP contribution >= 0.6 is 11.6 Å². The molecule has 0 aliphatic carbocycles. The molecule has 1 heterocycles. The molecule has 0 bridgehead atoms. The van der Waals surface area contributed by atoms with Gasteiger partial charge >= 0.3 is 0 Å². The van der Waals surface area contributed by atoms with Crippen LogP contribution in [0.15, 0.2) is 28.8 Å². The first kappa shape index (κ1) is 11.0. The predicted molar refractivity (Wildman–Crippen MR) is 64.5 cm³/mol. The van der Waals surface area contributed by atoms with Crippen LogP contribution in [0.25, 0.3) is 0 Å². The zero-order valence-corrected chi connectivity index (χ0v) is 9.79. The van der Waals surface area contributed by atoms with Crippen LogP contribution in [0.3, 0.4) is 0 Å². The lowest BCUT2D eigenvalue weighted by Crippen LogP contribution is -1.95. The van der Waals surface area contributed by atoms with Gasteiger partial charge in [0.25, 0.3) is 0 Å². The van der Waals surface area contributed by atoms with Crippen molar-refractivity contribution in [1.29, 1.82) is 0 Å². The highest BCUT2D eigenvalue weighted by Crippen LogP contribution is 2.18. The highest BCUT2D eigenvalue weighted by atomic mass is 35.5. The zero-order valence-electron chi connectivity index (χ0n) is 9.03. The number of nitrogens with two attached hydrogens (primary N) is 1. The molecule has 2 N–H and O–H groups in total. The zero-order chi connectivity index (χ0) is 11.5. The number of benzene rings is 1. The molecule has 3 nitrogen and oxygen atoms in total. The molecule has 2 rings (SSSR count). The Bertz CT molecular complexity index is 457. The minimum Gasteiger partial charge on any atom is -0.367 e. The fourth-order valence-corrected chi connectivity index (χ4v) is 1.76. The minimum atomic E-state index is 0.423. The third kappa shape index (κ3) is 2.36. The van der Waals surface area contributed by atoms with Crippen molar-refractivity contribution >= 4 is 17.5 Å². The first-order chi connectivity index (χ1) is 7.66. The van der Waals surface area contributed by atoms with Gasteiger partial charge in [0.15, 0.2) is 0 Å². The fraction of sp³-hybridized carbons (Fsp3) is 0.250. The Morgan fingerprint density at radius 3 is 2.50 bits per heavy atom. The van der Waals surface area contributed by atoms with Crippen molar-refractivity contribution in [3.63, 3.8) is 0 Å². The first-order valence-corrected chi connectivity index (χ1v) is 5.49. The number of aromatic nitrogens is 1. The molecule has 0 spiro atoms. The summed E-state index contributed by atoms with van der Waals surface area (Å²) >= 11 is 5.82. The van der Waals surface area contributed by atoms with Crippen LogP contribution in [-0.4, -0.2) is 5.16 Å². The van der Waals surface area contributed by atoms with Crippen molar-refractivity contribution in [2.24, 2.45) is 0 Å². The van der Waals surface area contributed by atoms with Gasteiger partial charge in [-0.15, -0.1) is 0 Å². The number of aryl methyl sites for hydroxylation is 2. The first-order valence-electron chi connectivity index (χ1n) is 5.12. The van der Waals surface area contributed by atoms with E-state index in [0.717, 1.165) is 29.1 Å². The van der Waals surface area contributed by atoms with Crippen LogP contribution in [0.5, 0.6) is 0 Å². The molecule has 0 saturated carbocycles. The average Bonchev–Trinajstić information content (AvgIpc) is 2.59. The fourth-order valence-electron chi connectivity index (χ4n) is 1.63. The van der Waals surface area contributed by atoms with Gasteiger partial charge in [0.1, 0.15) is 0 Å². The third-order valence-corrected chi connectivity index (χ3v) is 2.84. The van der Waals surface area contributed by atoms with Crippen LogP contribution < -0.4 is 5.73 Å². The molecule has 0 atom stereocenters. The van der Waals surface area contributed by atoms with E-state index in [9.17, 15) is 0 Å². The van der Waals surface area contributed by atoms with E-state index in [0.29, 0.717) is 5.88 Å². The van der Waals surface area contributed by atoms with Crippen LogP contribution in [0.2, 0.25) is 5.02 Å². The molecule has 0 saturated heterocycles. The van der Waals surface area contributed by atoms with Crippen molar-refractivity contribution < 1.29 is 4.52 Å². The molecule has 0 radical (unpaired) electrons. The summed E-state index contributed by atoms with van der Waals surface area (Å²) in [5.41, 5.74) is 8.77. The van der Waals surface area contributed by atoms with Gasteiger partial charge in [-0.25, -0.2) is 0 Å². The van der Waals surface area contributed by atoms with Gasteiger partial charge in [-0.3, -0.25) is 0 Å². The number of anilines is 1. The topological polar surface area (TPSA) is 52.0 Å². The average molecular weight is 237 g/mol. The smallest absolute Gasteiger partial charge is 0.225 e. The summed E-state index contributed by atoms with van der Waals surface area (Å²) < 4.78 is 4.91. The maximum absolute atomic E-state index is 5.82. The standard InChI is InChI=1S/C12H13ClN2O/c1-8-11(12(14)16-15-8)7-4-9-2-5-10(13)6-3-9/h2-3,5-6H,4,7,14H2,1H3. The Kier molecular flexibility index (Phi) is 3.15. The Morgan fingerprint density at radius 2 is 1.94 bits per heavy atom. The van der Waals surface area contributed by atoms with Gasteiger partial charge in [-0.1, -0.05) is 28.9 Å². The van der Waals surface area contributed by atoms with Crippen molar-refractivity contribution in [3.8, 4) is 0 Å². The van der Waals surface area contributed by atoms with E-state index in [1.165, 1.54) is 5.56 Å². The molecule has 0 fully saturated rings. The molecule has 0 aliphatic heterocycles. The number of halogens is 1. The molecular weight excluding hydrogens is 224 g/mol. The molecule has 1 aromatic heterocycles. The van der Waals surface area contributed by atoms with Gasteiger partial charge in [0.2, 0.25) is 5.88 Å². The quantitative estimate of drug-likeness (QED) is 0.891. The van der Waals surface area contributed by atoms with Crippen LogP contribution in [-0.2, 0) is 12.8 Å². The van der Waals surface area contributed by atoms with E-state index < -0.39 is 0 Å². The molecule has 1 aromatic carbocycles. The van der Waals surface area contributed by atoms with Crippen molar-refractivity contribution in [3.05, 3.63) is 46.1 Å². The number of nitrogen functional groups attached to an aromatic ring is 1. The summed E-state index contributed by atoms with van der Waals surface area (Å²) in [7, 11) is 0. The lowest BCUT2D eigenvalue weighted by molar-refractivity contribution is 0.431. The second kappa shape index (κ2) is 4.58. The van der Waals surface area contributed by atoms with E-state index in [-0.39, 0.29) is 0 Å². The van der Waals surface area contributed by atoms with Crippen molar-refractivity contribution in [2.45, 2.75) is 19.8 Å². The molecule has 16 heavy (non-hydrogen) atoms. The van der Waals surface area contributed by atoms with Gasteiger partial charge in [0, 0.05) is 10.6 Å². The third-order valence-electron chi connectivity index (χ3n) is 2.59. The van der Waals surface area contributed by atoms with E-state index in [1.54, 1.807) is 0 Å². The Labute approximate surface area is 99.2 Å². The Balaban J connectivity index is 2.05. The summed E-state index contributed by atoms with van der Waals surface area (Å²) in [6.07, 6.45) is 1.74. The van der Waals surface area contributed by atoms with E-state index in [4.69, 9.17) is 21.9 Å². The summed E-state index contributed by atoms with van der Waals surface area (Å²) in [4.78, 5) is 0. The number of hydrogen-bond donors (Lipinski definition) is 1. The van der Waals surface area contributed by atoms with Crippen LogP contribution in [0.1, 0.15) is 16.8 Å². The van der Waals surface area contributed by atoms with Gasteiger partial charge < -0.3 is 10.3 Å². The number of rotatable bonds is 3. The molecule has 2 aromatic rings. The van der Waals surface area contributed by atoms with Gasteiger partial charge in [-0.2, -0.15) is 0 Å². The summed E-state index contributed by atoms with van der Waals surface area (Å²) in [6.45, 7) is 1.90. The predicted octanol–water partition coefficient (Wildman–Crippen LogP) is 3.00. The lowest BCUT2D eigenvalue weighted by atomic mass is 10.0. The molecule has 0 amide bonds. The van der Waals surface area contributed by atoms with Gasteiger partial charge in [0.05, 0.1) is 5.69 Å². The van der Waals surface area contributed by atoms with E-state index >= 15 is 0 Å². The highest BCUT2D eigenvalue weighted by molar-refractivity contribution is 6.30. The molecule has 4 heteroatoms. The Morgan fingerprint density at radius 1 is 1.25 bits per heavy atom. The SMILES string of the molecule is Cc1noc(N)c1CCc1ccc(Cl)cc1. The number of nitrogens with zero attached hydrogens (tertiary/aromatic N) is 1. The summed E-state index contributed by atoms with van der Waals surface area (Å²) in [5.74, 6) is 0.423.